The van der Waals surface area contributed by atoms with Gasteiger partial charge in [0.25, 0.3) is 0 Å². The van der Waals surface area contributed by atoms with Crippen molar-refractivity contribution in [2.45, 2.75) is 6.92 Å². The van der Waals surface area contributed by atoms with E-state index in [-0.39, 0.29) is 5.75 Å². The lowest BCUT2D eigenvalue weighted by atomic mass is 10.1. The minimum Gasteiger partial charge on any atom is -0.503 e. The smallest absolute Gasteiger partial charge is 0.185 e. The van der Waals surface area contributed by atoms with Gasteiger partial charge in [-0.15, -0.1) is 0 Å². The Bertz CT molecular complexity index is 851. The SMILES string of the molecule is Cc1ccc(Nc2ncnc(-c3ccc(Cl)cc3Cl)c2O)cc1. The van der Waals surface area contributed by atoms with Crippen LogP contribution in [0.3, 0.4) is 0 Å². The molecule has 0 bridgehead atoms. The Morgan fingerprint density at radius 3 is 2.43 bits per heavy atom. The summed E-state index contributed by atoms with van der Waals surface area (Å²) in [4.78, 5) is 8.21. The van der Waals surface area contributed by atoms with E-state index in [2.05, 4.69) is 15.3 Å². The summed E-state index contributed by atoms with van der Waals surface area (Å²) in [6, 6.07) is 12.8. The van der Waals surface area contributed by atoms with Crippen LogP contribution in [-0.4, -0.2) is 15.1 Å². The van der Waals surface area contributed by atoms with Crippen LogP contribution in [0.4, 0.5) is 11.5 Å². The van der Waals surface area contributed by atoms with Crippen LogP contribution in [-0.2, 0) is 0 Å². The van der Waals surface area contributed by atoms with Crippen LogP contribution < -0.4 is 5.32 Å². The second-order valence-corrected chi connectivity index (χ2v) is 5.88. The first-order valence-corrected chi connectivity index (χ1v) is 7.63. The summed E-state index contributed by atoms with van der Waals surface area (Å²) in [6.07, 6.45) is 1.37. The maximum absolute atomic E-state index is 10.5. The van der Waals surface area contributed by atoms with Gasteiger partial charge in [-0.3, -0.25) is 0 Å². The van der Waals surface area contributed by atoms with E-state index in [1.54, 1.807) is 18.2 Å². The Morgan fingerprint density at radius 1 is 1.00 bits per heavy atom. The highest BCUT2D eigenvalue weighted by Gasteiger charge is 2.15. The van der Waals surface area contributed by atoms with Crippen molar-refractivity contribution in [2.75, 3.05) is 5.32 Å². The number of aromatic hydroxyl groups is 1. The molecule has 116 valence electrons. The standard InChI is InChI=1S/C17H13Cl2N3O/c1-10-2-5-12(6-3-10)22-17-16(23)15(20-9-21-17)13-7-4-11(18)8-14(13)19/h2-9,23H,1H3,(H,20,21,22). The summed E-state index contributed by atoms with van der Waals surface area (Å²) in [5.74, 6) is 0.238. The summed E-state index contributed by atoms with van der Waals surface area (Å²) in [6.45, 7) is 2.01. The van der Waals surface area contributed by atoms with Crippen molar-refractivity contribution in [2.24, 2.45) is 0 Å². The lowest BCUT2D eigenvalue weighted by molar-refractivity contribution is 0.475. The molecule has 3 rings (SSSR count). The fourth-order valence-electron chi connectivity index (χ4n) is 2.12. The molecule has 0 saturated carbocycles. The van der Waals surface area contributed by atoms with E-state index in [1.165, 1.54) is 6.33 Å². The van der Waals surface area contributed by atoms with Crippen molar-refractivity contribution >= 4 is 34.7 Å². The molecular formula is C17H13Cl2N3O. The van der Waals surface area contributed by atoms with Crippen LogP contribution in [0.2, 0.25) is 10.0 Å². The third kappa shape index (κ3) is 3.38. The highest BCUT2D eigenvalue weighted by Crippen LogP contribution is 2.37. The predicted octanol–water partition coefficient (Wildman–Crippen LogP) is 5.21. The van der Waals surface area contributed by atoms with E-state index in [4.69, 9.17) is 23.2 Å². The molecule has 3 aromatic rings. The second kappa shape index (κ2) is 6.44. The number of nitrogens with zero attached hydrogens (tertiary/aromatic N) is 2. The maximum atomic E-state index is 10.5. The highest BCUT2D eigenvalue weighted by molar-refractivity contribution is 6.36. The quantitative estimate of drug-likeness (QED) is 0.684. The van der Waals surface area contributed by atoms with Gasteiger partial charge >= 0.3 is 0 Å². The molecule has 1 heterocycles. The van der Waals surface area contributed by atoms with Gasteiger partial charge in [0.15, 0.2) is 11.6 Å². The minimum absolute atomic E-state index is 0.0719. The zero-order valence-corrected chi connectivity index (χ0v) is 13.7. The molecule has 0 spiro atoms. The van der Waals surface area contributed by atoms with Gasteiger partial charge < -0.3 is 10.4 Å². The molecule has 0 aliphatic carbocycles. The molecule has 0 unspecified atom stereocenters. The molecule has 0 radical (unpaired) electrons. The van der Waals surface area contributed by atoms with Crippen molar-refractivity contribution in [3.8, 4) is 17.0 Å². The van der Waals surface area contributed by atoms with E-state index in [1.807, 2.05) is 31.2 Å². The molecule has 0 atom stereocenters. The Balaban J connectivity index is 1.99. The Labute approximate surface area is 143 Å². The molecule has 1 aromatic heterocycles. The zero-order valence-electron chi connectivity index (χ0n) is 12.2. The largest absolute Gasteiger partial charge is 0.503 e. The monoisotopic (exact) mass is 345 g/mol. The Hall–Kier alpha value is -2.30. The molecule has 0 aliphatic heterocycles. The van der Waals surface area contributed by atoms with Crippen LogP contribution in [0.15, 0.2) is 48.8 Å². The van der Waals surface area contributed by atoms with Crippen LogP contribution in [0.25, 0.3) is 11.3 Å². The van der Waals surface area contributed by atoms with Gasteiger partial charge in [-0.1, -0.05) is 40.9 Å². The van der Waals surface area contributed by atoms with Crippen LogP contribution >= 0.6 is 23.2 Å². The number of anilines is 2. The van der Waals surface area contributed by atoms with Crippen LogP contribution in [0.5, 0.6) is 5.75 Å². The van der Waals surface area contributed by atoms with Crippen molar-refractivity contribution in [3.63, 3.8) is 0 Å². The normalized spacial score (nSPS) is 10.6. The molecule has 6 heteroatoms. The van der Waals surface area contributed by atoms with Gasteiger partial charge in [0.05, 0.1) is 5.02 Å². The third-order valence-electron chi connectivity index (χ3n) is 3.32. The van der Waals surface area contributed by atoms with E-state index < -0.39 is 0 Å². The summed E-state index contributed by atoms with van der Waals surface area (Å²) in [5, 5.41) is 14.5. The predicted molar refractivity (Wildman–Crippen MR) is 93.6 cm³/mol. The lowest BCUT2D eigenvalue weighted by Gasteiger charge is -2.11. The molecule has 0 aliphatic rings. The maximum Gasteiger partial charge on any atom is 0.185 e. The minimum atomic E-state index is -0.0719. The number of hydrogen-bond acceptors (Lipinski definition) is 4. The first-order valence-electron chi connectivity index (χ1n) is 6.87. The van der Waals surface area contributed by atoms with Gasteiger partial charge in [-0.25, -0.2) is 9.97 Å². The first kappa shape index (κ1) is 15.6. The van der Waals surface area contributed by atoms with Crippen molar-refractivity contribution in [1.82, 2.24) is 9.97 Å². The fourth-order valence-corrected chi connectivity index (χ4v) is 2.62. The number of rotatable bonds is 3. The average Bonchev–Trinajstić information content (AvgIpc) is 2.52. The van der Waals surface area contributed by atoms with Gasteiger partial charge in [0.2, 0.25) is 0 Å². The summed E-state index contributed by atoms with van der Waals surface area (Å²) in [7, 11) is 0. The number of aromatic nitrogens is 2. The van der Waals surface area contributed by atoms with E-state index in [0.29, 0.717) is 27.1 Å². The molecule has 0 saturated heterocycles. The number of nitrogens with one attached hydrogen (secondary N) is 1. The third-order valence-corrected chi connectivity index (χ3v) is 3.87. The Morgan fingerprint density at radius 2 is 1.74 bits per heavy atom. The number of aryl methyl sites for hydroxylation is 1. The van der Waals surface area contributed by atoms with Gasteiger partial charge in [-0.2, -0.15) is 0 Å². The highest BCUT2D eigenvalue weighted by atomic mass is 35.5. The Kier molecular flexibility index (Phi) is 4.37. The van der Waals surface area contributed by atoms with Gasteiger partial charge in [-0.05, 0) is 37.3 Å². The second-order valence-electron chi connectivity index (χ2n) is 5.03. The summed E-state index contributed by atoms with van der Waals surface area (Å²) >= 11 is 12.1. The summed E-state index contributed by atoms with van der Waals surface area (Å²) < 4.78 is 0. The number of hydrogen-bond donors (Lipinski definition) is 2. The fraction of sp³-hybridized carbons (Fsp3) is 0.0588. The number of benzene rings is 2. The zero-order chi connectivity index (χ0) is 16.4. The van der Waals surface area contributed by atoms with Crippen molar-refractivity contribution < 1.29 is 5.11 Å². The molecule has 23 heavy (non-hydrogen) atoms. The van der Waals surface area contributed by atoms with Crippen molar-refractivity contribution in [3.05, 3.63) is 64.4 Å². The van der Waals surface area contributed by atoms with E-state index in [9.17, 15) is 5.11 Å². The van der Waals surface area contributed by atoms with Crippen LogP contribution in [0, 0.1) is 6.92 Å². The molecule has 0 fully saturated rings. The first-order chi connectivity index (χ1) is 11.0. The van der Waals surface area contributed by atoms with Crippen LogP contribution in [0.1, 0.15) is 5.56 Å². The molecule has 2 aromatic carbocycles. The van der Waals surface area contributed by atoms with Crippen molar-refractivity contribution in [1.29, 1.82) is 0 Å². The lowest BCUT2D eigenvalue weighted by Crippen LogP contribution is -1.97. The molecule has 4 nitrogen and oxygen atoms in total. The molecule has 0 amide bonds. The molecule has 2 N–H and O–H groups in total. The van der Waals surface area contributed by atoms with E-state index in [0.717, 1.165) is 11.3 Å². The number of halogens is 2. The topological polar surface area (TPSA) is 58.0 Å². The average molecular weight is 346 g/mol. The van der Waals surface area contributed by atoms with Gasteiger partial charge in [0.1, 0.15) is 12.0 Å². The van der Waals surface area contributed by atoms with E-state index >= 15 is 0 Å². The molecular weight excluding hydrogens is 333 g/mol. The van der Waals surface area contributed by atoms with Gasteiger partial charge in [0, 0.05) is 16.3 Å². The summed E-state index contributed by atoms with van der Waals surface area (Å²) in [5.41, 5.74) is 2.90.